The Bertz CT molecular complexity index is 1470. The molecule has 1 aliphatic carbocycles. The standard InChI is InChI=1S/C29H34N6O3/c1-3-6-25(28-31-32-33-35(28)23-7-4-5-8-23)34(16-20-11-9-19(2)10-12-20)17-22-13-21-14-26-27(38-18-37-26)15-24(21)30-29(22)36/h9-15,23,25H,3-8,16-18H2,1-2H3,(H,30,36)/t25-/m0/s1. The summed E-state index contributed by atoms with van der Waals surface area (Å²) in [5, 5.41) is 14.0. The van der Waals surface area contributed by atoms with Crippen molar-refractivity contribution in [1.29, 1.82) is 0 Å². The van der Waals surface area contributed by atoms with E-state index in [-0.39, 0.29) is 18.4 Å². The third-order valence-electron chi connectivity index (χ3n) is 7.78. The lowest BCUT2D eigenvalue weighted by Gasteiger charge is -2.31. The van der Waals surface area contributed by atoms with E-state index in [2.05, 4.69) is 68.2 Å². The Balaban J connectivity index is 1.39. The van der Waals surface area contributed by atoms with E-state index < -0.39 is 0 Å². The van der Waals surface area contributed by atoms with Crippen LogP contribution < -0.4 is 15.0 Å². The molecule has 1 atom stereocenters. The number of ether oxygens (including phenoxy) is 2. The maximum Gasteiger partial charge on any atom is 0.252 e. The van der Waals surface area contributed by atoms with Crippen LogP contribution in [0, 0.1) is 6.92 Å². The molecule has 6 rings (SSSR count). The molecule has 0 bridgehead atoms. The highest BCUT2D eigenvalue weighted by molar-refractivity contribution is 5.83. The molecule has 1 fully saturated rings. The van der Waals surface area contributed by atoms with Crippen LogP contribution in [0.2, 0.25) is 0 Å². The fourth-order valence-electron chi connectivity index (χ4n) is 5.76. The molecule has 0 amide bonds. The van der Waals surface area contributed by atoms with E-state index in [0.29, 0.717) is 36.2 Å². The van der Waals surface area contributed by atoms with Gasteiger partial charge in [0.2, 0.25) is 6.79 Å². The number of pyridine rings is 1. The van der Waals surface area contributed by atoms with Gasteiger partial charge in [-0.15, -0.1) is 5.10 Å². The van der Waals surface area contributed by atoms with Gasteiger partial charge in [-0.3, -0.25) is 9.69 Å². The summed E-state index contributed by atoms with van der Waals surface area (Å²) >= 11 is 0. The Hall–Kier alpha value is -3.72. The number of rotatable bonds is 9. The Morgan fingerprint density at radius 3 is 2.61 bits per heavy atom. The average Bonchev–Trinajstić information content (AvgIpc) is 3.69. The molecule has 1 aliphatic heterocycles. The number of aromatic nitrogens is 5. The third kappa shape index (κ3) is 4.90. The molecule has 0 saturated heterocycles. The number of aryl methyl sites for hydroxylation is 1. The molecule has 38 heavy (non-hydrogen) atoms. The highest BCUT2D eigenvalue weighted by Gasteiger charge is 2.30. The van der Waals surface area contributed by atoms with E-state index >= 15 is 0 Å². The molecule has 9 nitrogen and oxygen atoms in total. The molecular formula is C29H34N6O3. The number of hydrogen-bond acceptors (Lipinski definition) is 7. The van der Waals surface area contributed by atoms with Crippen LogP contribution in [0.4, 0.5) is 0 Å². The van der Waals surface area contributed by atoms with Gasteiger partial charge in [0.05, 0.1) is 17.6 Å². The highest BCUT2D eigenvalue weighted by atomic mass is 16.7. The molecule has 2 aliphatic rings. The molecule has 2 aromatic heterocycles. The number of benzene rings is 2. The van der Waals surface area contributed by atoms with Gasteiger partial charge in [0.1, 0.15) is 0 Å². The minimum absolute atomic E-state index is 0.0243. The smallest absolute Gasteiger partial charge is 0.252 e. The summed E-state index contributed by atoms with van der Waals surface area (Å²) < 4.78 is 13.1. The number of tetrazole rings is 1. The summed E-state index contributed by atoms with van der Waals surface area (Å²) in [5.74, 6) is 2.25. The summed E-state index contributed by atoms with van der Waals surface area (Å²) in [6, 6.07) is 14.7. The van der Waals surface area contributed by atoms with Crippen molar-refractivity contribution in [3.8, 4) is 11.5 Å². The van der Waals surface area contributed by atoms with Crippen molar-refractivity contribution in [1.82, 2.24) is 30.1 Å². The van der Waals surface area contributed by atoms with Crippen molar-refractivity contribution >= 4 is 10.9 Å². The summed E-state index contributed by atoms with van der Waals surface area (Å²) in [7, 11) is 0. The van der Waals surface area contributed by atoms with Gasteiger partial charge in [-0.1, -0.05) is 56.0 Å². The van der Waals surface area contributed by atoms with Crippen molar-refractivity contribution < 1.29 is 9.47 Å². The average molecular weight is 515 g/mol. The number of aromatic amines is 1. The van der Waals surface area contributed by atoms with Gasteiger partial charge in [-0.05, 0) is 54.3 Å². The lowest BCUT2D eigenvalue weighted by molar-refractivity contribution is 0.153. The number of hydrogen-bond donors (Lipinski definition) is 1. The number of H-pyrrole nitrogens is 1. The predicted molar refractivity (Wildman–Crippen MR) is 144 cm³/mol. The third-order valence-corrected chi connectivity index (χ3v) is 7.78. The second-order valence-corrected chi connectivity index (χ2v) is 10.5. The van der Waals surface area contributed by atoms with E-state index in [1.54, 1.807) is 0 Å². The first-order valence-corrected chi connectivity index (χ1v) is 13.6. The van der Waals surface area contributed by atoms with Gasteiger partial charge in [0.15, 0.2) is 17.3 Å². The molecule has 2 aromatic carbocycles. The molecular weight excluding hydrogens is 480 g/mol. The first-order chi connectivity index (χ1) is 18.6. The van der Waals surface area contributed by atoms with E-state index in [9.17, 15) is 4.79 Å². The van der Waals surface area contributed by atoms with Crippen molar-refractivity contribution in [3.05, 3.63) is 75.3 Å². The second-order valence-electron chi connectivity index (χ2n) is 10.5. The van der Waals surface area contributed by atoms with Gasteiger partial charge >= 0.3 is 0 Å². The summed E-state index contributed by atoms with van der Waals surface area (Å²) in [4.78, 5) is 18.7. The summed E-state index contributed by atoms with van der Waals surface area (Å²) in [6.07, 6.45) is 6.50. The highest BCUT2D eigenvalue weighted by Crippen LogP contribution is 2.36. The van der Waals surface area contributed by atoms with Gasteiger partial charge in [-0.25, -0.2) is 4.68 Å². The zero-order valence-electron chi connectivity index (χ0n) is 22.0. The lowest BCUT2D eigenvalue weighted by Crippen LogP contribution is -2.33. The topological polar surface area (TPSA) is 98.2 Å². The van der Waals surface area contributed by atoms with Crippen molar-refractivity contribution in [2.75, 3.05) is 6.79 Å². The minimum atomic E-state index is -0.101. The zero-order chi connectivity index (χ0) is 26.1. The van der Waals surface area contributed by atoms with Crippen molar-refractivity contribution in [3.63, 3.8) is 0 Å². The van der Waals surface area contributed by atoms with E-state index in [1.165, 1.54) is 24.0 Å². The summed E-state index contributed by atoms with van der Waals surface area (Å²) in [5.41, 5.74) is 3.75. The quantitative estimate of drug-likeness (QED) is 0.327. The van der Waals surface area contributed by atoms with Crippen LogP contribution in [0.15, 0.2) is 47.3 Å². The molecule has 198 valence electrons. The van der Waals surface area contributed by atoms with Crippen LogP contribution in [0.5, 0.6) is 11.5 Å². The molecule has 4 aromatic rings. The van der Waals surface area contributed by atoms with Crippen LogP contribution >= 0.6 is 0 Å². The summed E-state index contributed by atoms with van der Waals surface area (Å²) in [6.45, 7) is 5.63. The zero-order valence-corrected chi connectivity index (χ0v) is 22.0. The number of nitrogens with one attached hydrogen (secondary N) is 1. The van der Waals surface area contributed by atoms with Crippen LogP contribution in [0.25, 0.3) is 10.9 Å². The molecule has 3 heterocycles. The Labute approximate surface area is 221 Å². The molecule has 0 radical (unpaired) electrons. The van der Waals surface area contributed by atoms with Gasteiger partial charge in [0, 0.05) is 30.1 Å². The maximum atomic E-state index is 13.3. The second kappa shape index (κ2) is 10.6. The first kappa shape index (κ1) is 24.6. The molecule has 1 saturated carbocycles. The Morgan fingerprint density at radius 2 is 1.84 bits per heavy atom. The maximum absolute atomic E-state index is 13.3. The fraction of sp³-hybridized carbons (Fsp3) is 0.448. The van der Waals surface area contributed by atoms with E-state index in [4.69, 9.17) is 9.47 Å². The number of fused-ring (bicyclic) bond motifs is 2. The van der Waals surface area contributed by atoms with Crippen molar-refractivity contribution in [2.24, 2.45) is 0 Å². The molecule has 9 heteroatoms. The first-order valence-electron chi connectivity index (χ1n) is 13.6. The molecule has 0 spiro atoms. The van der Waals surface area contributed by atoms with Crippen LogP contribution in [0.3, 0.4) is 0 Å². The fourth-order valence-corrected chi connectivity index (χ4v) is 5.76. The normalized spacial score (nSPS) is 16.1. The van der Waals surface area contributed by atoms with Crippen LogP contribution in [-0.4, -0.2) is 36.9 Å². The van der Waals surface area contributed by atoms with Crippen LogP contribution in [0.1, 0.15) is 80.0 Å². The largest absolute Gasteiger partial charge is 0.454 e. The van der Waals surface area contributed by atoms with Gasteiger partial charge in [0.25, 0.3) is 5.56 Å². The Kier molecular flexibility index (Phi) is 6.84. The lowest BCUT2D eigenvalue weighted by atomic mass is 10.0. The van der Waals surface area contributed by atoms with E-state index in [0.717, 1.165) is 42.4 Å². The van der Waals surface area contributed by atoms with Gasteiger partial charge < -0.3 is 14.5 Å². The minimum Gasteiger partial charge on any atom is -0.454 e. The molecule has 0 unspecified atom stereocenters. The Morgan fingerprint density at radius 1 is 1.08 bits per heavy atom. The monoisotopic (exact) mass is 514 g/mol. The number of nitrogens with zero attached hydrogens (tertiary/aromatic N) is 5. The van der Waals surface area contributed by atoms with Crippen molar-refractivity contribution in [2.45, 2.75) is 77.5 Å². The predicted octanol–water partition coefficient (Wildman–Crippen LogP) is 5.21. The SMILES string of the molecule is CCC[C@@H](c1nnnn1C1CCCC1)N(Cc1ccc(C)cc1)Cc1cc2cc3c(cc2[nH]c1=O)OCO3. The molecule has 1 N–H and O–H groups in total. The van der Waals surface area contributed by atoms with Crippen LogP contribution in [-0.2, 0) is 13.1 Å². The van der Waals surface area contributed by atoms with Gasteiger partial charge in [-0.2, -0.15) is 0 Å². The van der Waals surface area contributed by atoms with E-state index in [1.807, 2.05) is 18.2 Å².